The molecule has 0 aliphatic carbocycles. The molecular formula is C27H40NO8P. The van der Waals surface area contributed by atoms with Crippen molar-refractivity contribution < 1.29 is 37.3 Å². The molecule has 0 bridgehead atoms. The molecule has 1 aliphatic heterocycles. The van der Waals surface area contributed by atoms with Crippen LogP contribution in [0.1, 0.15) is 30.4 Å². The summed E-state index contributed by atoms with van der Waals surface area (Å²) in [5.74, 6) is 0. The van der Waals surface area contributed by atoms with E-state index in [1.54, 1.807) is 28.4 Å². The standard InChI is InChI=1S/C27H40NO8P/c1-30-24-23(36-27(33-4)26(32-3)25(24)31-2)17-11-12-18-28-37(29,34-19-21-13-7-5-8-14-21)35-20-22-15-9-6-10-16-22/h5-10,13-16,23-27H,11-12,17-20H2,1-4H3,(H,28,29)/t23-,24-,25+,26-,27-/m1/s1. The van der Waals surface area contributed by atoms with Crippen LogP contribution in [0.3, 0.4) is 0 Å². The Morgan fingerprint density at radius 2 is 1.27 bits per heavy atom. The van der Waals surface area contributed by atoms with Crippen LogP contribution in [0, 0.1) is 0 Å². The first kappa shape index (κ1) is 29.9. The zero-order valence-electron chi connectivity index (χ0n) is 22.1. The molecule has 0 saturated carbocycles. The third-order valence-corrected chi connectivity index (χ3v) is 7.90. The maximum atomic E-state index is 13.5. The van der Waals surface area contributed by atoms with E-state index in [2.05, 4.69) is 5.09 Å². The number of nitrogens with one attached hydrogen (secondary N) is 1. The summed E-state index contributed by atoms with van der Waals surface area (Å²) in [6.07, 6.45) is 0.415. The largest absolute Gasteiger partial charge is 0.406 e. The van der Waals surface area contributed by atoms with Crippen LogP contribution < -0.4 is 5.09 Å². The fourth-order valence-corrected chi connectivity index (χ4v) is 5.71. The molecule has 10 heteroatoms. The van der Waals surface area contributed by atoms with Gasteiger partial charge in [-0.1, -0.05) is 60.7 Å². The van der Waals surface area contributed by atoms with Gasteiger partial charge >= 0.3 is 7.75 Å². The van der Waals surface area contributed by atoms with E-state index in [4.69, 9.17) is 32.7 Å². The molecule has 1 fully saturated rings. The van der Waals surface area contributed by atoms with Crippen LogP contribution in [0.4, 0.5) is 0 Å². The van der Waals surface area contributed by atoms with E-state index in [0.29, 0.717) is 13.0 Å². The van der Waals surface area contributed by atoms with Crippen molar-refractivity contribution in [3.63, 3.8) is 0 Å². The molecule has 5 atom stereocenters. The zero-order chi connectivity index (χ0) is 26.5. The van der Waals surface area contributed by atoms with Crippen molar-refractivity contribution in [1.82, 2.24) is 5.09 Å². The smallest absolute Gasteiger partial charge is 0.376 e. The van der Waals surface area contributed by atoms with Gasteiger partial charge in [-0.15, -0.1) is 0 Å². The fraction of sp³-hybridized carbons (Fsp3) is 0.556. The van der Waals surface area contributed by atoms with Gasteiger partial charge in [0, 0.05) is 35.0 Å². The van der Waals surface area contributed by atoms with Crippen LogP contribution in [0.15, 0.2) is 60.7 Å². The third-order valence-electron chi connectivity index (χ3n) is 6.35. The number of rotatable bonds is 16. The topological polar surface area (TPSA) is 93.7 Å². The lowest BCUT2D eigenvalue weighted by molar-refractivity contribution is -0.303. The molecule has 1 saturated heterocycles. The molecule has 0 spiro atoms. The third kappa shape index (κ3) is 8.96. The van der Waals surface area contributed by atoms with Crippen molar-refractivity contribution >= 4 is 7.75 Å². The summed E-state index contributed by atoms with van der Waals surface area (Å²) in [5, 5.41) is 3.03. The second-order valence-electron chi connectivity index (χ2n) is 8.80. The normalized spacial score (nSPS) is 24.3. The van der Waals surface area contributed by atoms with Gasteiger partial charge in [0.2, 0.25) is 0 Å². The average Bonchev–Trinajstić information content (AvgIpc) is 2.95. The van der Waals surface area contributed by atoms with Crippen molar-refractivity contribution in [2.45, 2.75) is 63.2 Å². The number of hydrogen-bond acceptors (Lipinski definition) is 8. The van der Waals surface area contributed by atoms with Gasteiger partial charge < -0.3 is 23.7 Å². The Morgan fingerprint density at radius 3 is 1.76 bits per heavy atom. The first-order valence-corrected chi connectivity index (χ1v) is 14.1. The van der Waals surface area contributed by atoms with Crippen molar-refractivity contribution in [1.29, 1.82) is 0 Å². The summed E-state index contributed by atoms with van der Waals surface area (Å²) in [6.45, 7) is 0.818. The summed E-state index contributed by atoms with van der Waals surface area (Å²) >= 11 is 0. The van der Waals surface area contributed by atoms with Gasteiger partial charge in [0.05, 0.1) is 19.3 Å². The Bertz CT molecular complexity index is 887. The van der Waals surface area contributed by atoms with Gasteiger partial charge in [0.1, 0.15) is 18.3 Å². The molecule has 3 rings (SSSR count). The number of unbranched alkanes of at least 4 members (excludes halogenated alkanes) is 1. The lowest BCUT2D eigenvalue weighted by atomic mass is 9.94. The maximum Gasteiger partial charge on any atom is 0.406 e. The molecule has 1 N–H and O–H groups in total. The van der Waals surface area contributed by atoms with Crippen LogP contribution >= 0.6 is 7.75 Å². The van der Waals surface area contributed by atoms with Crippen LogP contribution in [0.5, 0.6) is 0 Å². The van der Waals surface area contributed by atoms with Gasteiger partial charge in [-0.2, -0.15) is 0 Å². The van der Waals surface area contributed by atoms with Crippen molar-refractivity contribution in [3.05, 3.63) is 71.8 Å². The summed E-state index contributed by atoms with van der Waals surface area (Å²) in [6, 6.07) is 19.2. The molecular weight excluding hydrogens is 497 g/mol. The highest BCUT2D eigenvalue weighted by Gasteiger charge is 2.46. The summed E-state index contributed by atoms with van der Waals surface area (Å²) in [7, 11) is 2.91. The number of hydrogen-bond donors (Lipinski definition) is 1. The Hall–Kier alpha value is -1.65. The first-order valence-electron chi connectivity index (χ1n) is 12.5. The zero-order valence-corrected chi connectivity index (χ0v) is 23.0. The molecule has 206 valence electrons. The van der Waals surface area contributed by atoms with Gasteiger partial charge in [-0.05, 0) is 30.4 Å². The fourth-order valence-electron chi connectivity index (χ4n) is 4.38. The van der Waals surface area contributed by atoms with Gasteiger partial charge in [-0.25, -0.2) is 9.65 Å². The maximum absolute atomic E-state index is 13.5. The Morgan fingerprint density at radius 1 is 0.730 bits per heavy atom. The Kier molecular flexibility index (Phi) is 12.7. The molecule has 0 radical (unpaired) electrons. The number of ether oxygens (including phenoxy) is 5. The lowest BCUT2D eigenvalue weighted by Crippen LogP contribution is -2.59. The second kappa shape index (κ2) is 15.7. The highest BCUT2D eigenvalue weighted by molar-refractivity contribution is 7.51. The van der Waals surface area contributed by atoms with Crippen LogP contribution in [0.25, 0.3) is 0 Å². The van der Waals surface area contributed by atoms with Gasteiger partial charge in [0.15, 0.2) is 6.29 Å². The van der Waals surface area contributed by atoms with E-state index in [1.807, 2.05) is 60.7 Å². The van der Waals surface area contributed by atoms with Crippen LogP contribution in [0.2, 0.25) is 0 Å². The van der Waals surface area contributed by atoms with Gasteiger partial charge in [0.25, 0.3) is 0 Å². The molecule has 37 heavy (non-hydrogen) atoms. The van der Waals surface area contributed by atoms with E-state index in [9.17, 15) is 4.57 Å². The van der Waals surface area contributed by atoms with Crippen molar-refractivity contribution in [3.8, 4) is 0 Å². The average molecular weight is 538 g/mol. The number of benzene rings is 2. The number of methoxy groups -OCH3 is 4. The Labute approximate surface area is 220 Å². The molecule has 2 aromatic rings. The molecule has 9 nitrogen and oxygen atoms in total. The summed E-state index contributed by atoms with van der Waals surface area (Å²) in [4.78, 5) is 0. The SMILES string of the molecule is CO[C@@H]1O[C@H](CCCCNP(=O)(OCc2ccccc2)OCc2ccccc2)[C@@H](OC)[C@H](OC)[C@H]1OC. The lowest BCUT2D eigenvalue weighted by Gasteiger charge is -2.44. The molecule has 1 aliphatic rings. The highest BCUT2D eigenvalue weighted by atomic mass is 31.2. The highest BCUT2D eigenvalue weighted by Crippen LogP contribution is 2.45. The minimum Gasteiger partial charge on any atom is -0.376 e. The van der Waals surface area contributed by atoms with Crippen LogP contribution in [-0.2, 0) is 50.5 Å². The molecule has 0 amide bonds. The predicted octanol–water partition coefficient (Wildman–Crippen LogP) is 4.70. The van der Waals surface area contributed by atoms with E-state index >= 15 is 0 Å². The van der Waals surface area contributed by atoms with Crippen LogP contribution in [-0.4, -0.2) is 65.7 Å². The monoisotopic (exact) mass is 537 g/mol. The van der Waals surface area contributed by atoms with E-state index in [-0.39, 0.29) is 31.5 Å². The molecule has 0 aromatic heterocycles. The minimum absolute atomic E-state index is 0.183. The predicted molar refractivity (Wildman–Crippen MR) is 140 cm³/mol. The quantitative estimate of drug-likeness (QED) is 0.241. The Balaban J connectivity index is 1.53. The minimum atomic E-state index is -3.54. The second-order valence-corrected chi connectivity index (χ2v) is 10.6. The molecule has 0 unspecified atom stereocenters. The van der Waals surface area contributed by atoms with Crippen molar-refractivity contribution in [2.24, 2.45) is 0 Å². The van der Waals surface area contributed by atoms with E-state index in [1.165, 1.54) is 0 Å². The molecule has 1 heterocycles. The first-order chi connectivity index (χ1) is 18.0. The van der Waals surface area contributed by atoms with E-state index in [0.717, 1.165) is 24.0 Å². The van der Waals surface area contributed by atoms with E-state index < -0.39 is 20.1 Å². The van der Waals surface area contributed by atoms with Gasteiger partial charge in [-0.3, -0.25) is 9.05 Å². The summed E-state index contributed by atoms with van der Waals surface area (Å²) in [5.41, 5.74) is 1.84. The molecule has 2 aromatic carbocycles. The summed E-state index contributed by atoms with van der Waals surface area (Å²) < 4.78 is 53.6. The van der Waals surface area contributed by atoms with Crippen molar-refractivity contribution in [2.75, 3.05) is 35.0 Å².